The van der Waals surface area contributed by atoms with E-state index in [1.54, 1.807) is 6.92 Å². The molecule has 0 bridgehead atoms. The van der Waals surface area contributed by atoms with Crippen LogP contribution in [-0.2, 0) is 0 Å². The Labute approximate surface area is 102 Å². The molecule has 1 heterocycles. The van der Waals surface area contributed by atoms with E-state index in [0.29, 0.717) is 11.4 Å². The monoisotopic (exact) mass is 248 g/mol. The zero-order valence-corrected chi connectivity index (χ0v) is 9.57. The highest BCUT2D eigenvalue weighted by atomic mass is 16.3. The molecule has 0 saturated carbocycles. The van der Waals surface area contributed by atoms with Crippen LogP contribution in [0.1, 0.15) is 11.4 Å². The van der Waals surface area contributed by atoms with Crippen LogP contribution in [0.4, 0.5) is 5.95 Å². The SMILES string of the molecule is Cc1nnc(N/N=C\c2ccc(O)cc2O)n1N. The number of phenols is 2. The van der Waals surface area contributed by atoms with Gasteiger partial charge in [0.1, 0.15) is 11.5 Å². The Bertz CT molecular complexity index is 592. The standard InChI is InChI=1S/C10H12N6O2/c1-6-13-15-10(16(6)11)14-12-5-7-2-3-8(17)4-9(7)18/h2-5,17-18H,11H2,1H3,(H,14,15)/b12-5-. The predicted molar refractivity (Wildman–Crippen MR) is 65.9 cm³/mol. The van der Waals surface area contributed by atoms with Crippen LogP contribution in [0.2, 0.25) is 0 Å². The van der Waals surface area contributed by atoms with Crippen LogP contribution in [0, 0.1) is 6.92 Å². The highest BCUT2D eigenvalue weighted by molar-refractivity contribution is 5.84. The molecule has 0 aliphatic rings. The molecular weight excluding hydrogens is 236 g/mol. The highest BCUT2D eigenvalue weighted by Gasteiger charge is 2.03. The van der Waals surface area contributed by atoms with Gasteiger partial charge in [0, 0.05) is 11.6 Å². The number of hydrazone groups is 1. The number of nitrogens with one attached hydrogen (secondary N) is 1. The first kappa shape index (κ1) is 11.7. The quantitative estimate of drug-likeness (QED) is 0.348. The molecule has 0 radical (unpaired) electrons. The molecular formula is C10H12N6O2. The lowest BCUT2D eigenvalue weighted by Gasteiger charge is -2.01. The summed E-state index contributed by atoms with van der Waals surface area (Å²) in [7, 11) is 0. The van der Waals surface area contributed by atoms with Crippen molar-refractivity contribution in [3.8, 4) is 11.5 Å². The Balaban J connectivity index is 2.10. The first-order valence-corrected chi connectivity index (χ1v) is 5.06. The maximum Gasteiger partial charge on any atom is 0.263 e. The molecule has 0 fully saturated rings. The van der Waals surface area contributed by atoms with Crippen LogP contribution in [0.15, 0.2) is 23.3 Å². The van der Waals surface area contributed by atoms with E-state index >= 15 is 0 Å². The molecule has 8 heteroatoms. The van der Waals surface area contributed by atoms with Crippen LogP contribution < -0.4 is 11.3 Å². The molecule has 2 aromatic rings. The van der Waals surface area contributed by atoms with Gasteiger partial charge in [-0.2, -0.15) is 5.10 Å². The summed E-state index contributed by atoms with van der Waals surface area (Å²) in [5.74, 6) is 6.33. The van der Waals surface area contributed by atoms with Crippen molar-refractivity contribution in [1.29, 1.82) is 0 Å². The van der Waals surface area contributed by atoms with Crippen molar-refractivity contribution in [2.75, 3.05) is 11.3 Å². The molecule has 0 amide bonds. The molecule has 0 atom stereocenters. The van der Waals surface area contributed by atoms with Crippen LogP contribution >= 0.6 is 0 Å². The average Bonchev–Trinajstić information content (AvgIpc) is 2.64. The summed E-state index contributed by atoms with van der Waals surface area (Å²) < 4.78 is 1.24. The van der Waals surface area contributed by atoms with Gasteiger partial charge in [-0.25, -0.2) is 10.1 Å². The number of rotatable bonds is 3. The van der Waals surface area contributed by atoms with E-state index in [1.807, 2.05) is 0 Å². The Morgan fingerprint density at radius 3 is 2.78 bits per heavy atom. The molecule has 8 nitrogen and oxygen atoms in total. The number of aromatic hydroxyl groups is 2. The Kier molecular flexibility index (Phi) is 3.00. The molecule has 0 aliphatic carbocycles. The number of nitrogen functional groups attached to an aromatic ring is 1. The van der Waals surface area contributed by atoms with Gasteiger partial charge in [0.2, 0.25) is 0 Å². The van der Waals surface area contributed by atoms with Gasteiger partial charge in [0.15, 0.2) is 5.82 Å². The van der Waals surface area contributed by atoms with E-state index < -0.39 is 0 Å². The van der Waals surface area contributed by atoms with Gasteiger partial charge in [-0.15, -0.1) is 10.2 Å². The van der Waals surface area contributed by atoms with Crippen molar-refractivity contribution in [2.24, 2.45) is 5.10 Å². The van der Waals surface area contributed by atoms with Crippen LogP contribution in [0.25, 0.3) is 0 Å². The number of hydrogen-bond acceptors (Lipinski definition) is 7. The molecule has 0 spiro atoms. The molecule has 5 N–H and O–H groups in total. The van der Waals surface area contributed by atoms with Crippen LogP contribution in [0.5, 0.6) is 11.5 Å². The molecule has 0 aliphatic heterocycles. The van der Waals surface area contributed by atoms with E-state index in [-0.39, 0.29) is 17.4 Å². The van der Waals surface area contributed by atoms with Crippen molar-refractivity contribution < 1.29 is 10.2 Å². The third-order valence-corrected chi connectivity index (χ3v) is 2.25. The smallest absolute Gasteiger partial charge is 0.263 e. The molecule has 0 unspecified atom stereocenters. The maximum atomic E-state index is 9.51. The van der Waals surface area contributed by atoms with Crippen molar-refractivity contribution in [3.63, 3.8) is 0 Å². The second-order valence-corrected chi connectivity index (χ2v) is 3.55. The van der Waals surface area contributed by atoms with Gasteiger partial charge in [0.05, 0.1) is 6.21 Å². The number of phenolic OH excluding ortho intramolecular Hbond substituents is 2. The minimum absolute atomic E-state index is 0.0186. The van der Waals surface area contributed by atoms with Crippen LogP contribution in [-0.4, -0.2) is 31.3 Å². The van der Waals surface area contributed by atoms with Gasteiger partial charge >= 0.3 is 0 Å². The molecule has 94 valence electrons. The van der Waals surface area contributed by atoms with Crippen molar-refractivity contribution in [2.45, 2.75) is 6.92 Å². The largest absolute Gasteiger partial charge is 0.508 e. The maximum absolute atomic E-state index is 9.51. The first-order valence-electron chi connectivity index (χ1n) is 5.06. The van der Waals surface area contributed by atoms with Gasteiger partial charge in [-0.1, -0.05) is 0 Å². The lowest BCUT2D eigenvalue weighted by molar-refractivity contribution is 0.450. The third kappa shape index (κ3) is 2.32. The minimum Gasteiger partial charge on any atom is -0.508 e. The summed E-state index contributed by atoms with van der Waals surface area (Å²) in [4.78, 5) is 0. The zero-order valence-electron chi connectivity index (χ0n) is 9.57. The van der Waals surface area contributed by atoms with E-state index in [9.17, 15) is 5.11 Å². The molecule has 1 aromatic heterocycles. The van der Waals surface area contributed by atoms with Gasteiger partial charge in [0.25, 0.3) is 5.95 Å². The molecule has 2 rings (SSSR count). The number of hydrogen-bond donors (Lipinski definition) is 4. The second-order valence-electron chi connectivity index (χ2n) is 3.55. The molecule has 18 heavy (non-hydrogen) atoms. The highest BCUT2D eigenvalue weighted by Crippen LogP contribution is 2.20. The van der Waals surface area contributed by atoms with E-state index in [2.05, 4.69) is 20.7 Å². The summed E-state index contributed by atoms with van der Waals surface area (Å²) in [5.41, 5.74) is 3.03. The molecule has 0 saturated heterocycles. The van der Waals surface area contributed by atoms with Crippen molar-refractivity contribution in [3.05, 3.63) is 29.6 Å². The number of nitrogens with zero attached hydrogens (tertiary/aromatic N) is 4. The normalized spacial score (nSPS) is 10.9. The van der Waals surface area contributed by atoms with E-state index in [4.69, 9.17) is 10.9 Å². The average molecular weight is 248 g/mol. The Morgan fingerprint density at radius 2 is 2.17 bits per heavy atom. The van der Waals surface area contributed by atoms with Crippen molar-refractivity contribution in [1.82, 2.24) is 14.9 Å². The number of benzene rings is 1. The Hall–Kier alpha value is -2.77. The summed E-state index contributed by atoms with van der Waals surface area (Å²) in [6, 6.07) is 4.18. The third-order valence-electron chi connectivity index (χ3n) is 2.25. The van der Waals surface area contributed by atoms with Gasteiger partial charge in [-0.3, -0.25) is 0 Å². The summed E-state index contributed by atoms with van der Waals surface area (Å²) in [6.07, 6.45) is 1.37. The van der Waals surface area contributed by atoms with Gasteiger partial charge in [-0.05, 0) is 19.1 Å². The number of anilines is 1. The number of aryl methyl sites for hydroxylation is 1. The predicted octanol–water partition coefficient (Wildman–Crippen LogP) is 0.158. The fourth-order valence-electron chi connectivity index (χ4n) is 1.25. The van der Waals surface area contributed by atoms with E-state index in [0.717, 1.165) is 0 Å². The van der Waals surface area contributed by atoms with Gasteiger partial charge < -0.3 is 16.1 Å². The van der Waals surface area contributed by atoms with Crippen LogP contribution in [0.3, 0.4) is 0 Å². The van der Waals surface area contributed by atoms with Crippen molar-refractivity contribution >= 4 is 12.2 Å². The first-order chi connectivity index (χ1) is 8.58. The summed E-state index contributed by atoms with van der Waals surface area (Å²) in [6.45, 7) is 1.70. The topological polar surface area (TPSA) is 122 Å². The fraction of sp³-hybridized carbons (Fsp3) is 0.100. The second kappa shape index (κ2) is 4.62. The minimum atomic E-state index is -0.0778. The number of aromatic nitrogens is 3. The molecule has 1 aromatic carbocycles. The summed E-state index contributed by atoms with van der Waals surface area (Å²) in [5, 5.41) is 30.0. The fourth-order valence-corrected chi connectivity index (χ4v) is 1.25. The lowest BCUT2D eigenvalue weighted by Crippen LogP contribution is -2.13. The van der Waals surface area contributed by atoms with E-state index in [1.165, 1.54) is 29.1 Å². The summed E-state index contributed by atoms with van der Waals surface area (Å²) >= 11 is 0. The zero-order chi connectivity index (χ0) is 13.1. The number of nitrogens with two attached hydrogens (primary N) is 1. The Morgan fingerprint density at radius 1 is 1.39 bits per heavy atom. The lowest BCUT2D eigenvalue weighted by atomic mass is 10.2.